The molecule has 0 unspecified atom stereocenters. The number of thioether (sulfide) groups is 1. The van der Waals surface area contributed by atoms with E-state index in [4.69, 9.17) is 0 Å². The van der Waals surface area contributed by atoms with Crippen molar-refractivity contribution in [2.24, 2.45) is 0 Å². The molecule has 1 heterocycles. The molecular weight excluding hydrogens is 249 g/mol. The Hall–Kier alpha value is -0.750. The van der Waals surface area contributed by atoms with E-state index < -0.39 is 12.7 Å². The van der Waals surface area contributed by atoms with E-state index in [1.807, 2.05) is 26.0 Å². The third-order valence-electron chi connectivity index (χ3n) is 1.93. The summed E-state index contributed by atoms with van der Waals surface area (Å²) >= 11 is 1.46. The maximum Gasteiger partial charge on any atom is 0.401 e. The minimum Gasteiger partial charge on any atom is -0.308 e. The van der Waals surface area contributed by atoms with Crippen molar-refractivity contribution >= 4 is 11.8 Å². The zero-order valence-corrected chi connectivity index (χ0v) is 10.6. The Morgan fingerprint density at radius 2 is 2.00 bits per heavy atom. The number of hydrogen-bond donors (Lipinski definition) is 1. The second-order valence-corrected chi connectivity index (χ2v) is 4.88. The summed E-state index contributed by atoms with van der Waals surface area (Å²) in [6.07, 6.45) is -4.14. The van der Waals surface area contributed by atoms with E-state index >= 15 is 0 Å². The van der Waals surface area contributed by atoms with Crippen LogP contribution >= 0.6 is 11.8 Å². The number of pyridine rings is 1. The molecule has 0 atom stereocenters. The van der Waals surface area contributed by atoms with E-state index in [2.05, 4.69) is 10.3 Å². The molecule has 0 aliphatic heterocycles. The first-order valence-corrected chi connectivity index (χ1v) is 6.21. The molecule has 0 spiro atoms. The molecule has 6 heteroatoms. The van der Waals surface area contributed by atoms with Crippen LogP contribution in [0.4, 0.5) is 13.2 Å². The number of halogens is 3. The highest BCUT2D eigenvalue weighted by Gasteiger charge is 2.25. The molecule has 0 fully saturated rings. The number of aromatic nitrogens is 1. The fourth-order valence-corrected chi connectivity index (χ4v) is 2.27. The molecule has 0 amide bonds. The van der Waals surface area contributed by atoms with E-state index in [0.717, 1.165) is 16.3 Å². The highest BCUT2D eigenvalue weighted by atomic mass is 32.2. The van der Waals surface area contributed by atoms with Gasteiger partial charge in [-0.2, -0.15) is 13.2 Å². The second kappa shape index (κ2) is 6.26. The van der Waals surface area contributed by atoms with Gasteiger partial charge in [-0.1, -0.05) is 0 Å². The van der Waals surface area contributed by atoms with E-state index in [1.54, 1.807) is 0 Å². The maximum absolute atomic E-state index is 11.8. The number of nitrogens with zero attached hydrogens (tertiary/aromatic N) is 1. The van der Waals surface area contributed by atoms with Gasteiger partial charge in [0.2, 0.25) is 0 Å². The smallest absolute Gasteiger partial charge is 0.308 e. The summed E-state index contributed by atoms with van der Waals surface area (Å²) < 4.78 is 35.5. The minimum atomic E-state index is -4.14. The lowest BCUT2D eigenvalue weighted by Gasteiger charge is -2.08. The molecule has 1 aromatic heterocycles. The van der Waals surface area contributed by atoms with Crippen LogP contribution in [-0.4, -0.2) is 30.0 Å². The van der Waals surface area contributed by atoms with Crippen LogP contribution in [0.3, 0.4) is 0 Å². The summed E-state index contributed by atoms with van der Waals surface area (Å²) in [6.45, 7) is 3.26. The first-order chi connectivity index (χ1) is 7.87. The lowest BCUT2D eigenvalue weighted by atomic mass is 10.3. The molecule has 17 heavy (non-hydrogen) atoms. The van der Waals surface area contributed by atoms with Crippen molar-refractivity contribution in [2.45, 2.75) is 25.0 Å². The Labute approximate surface area is 103 Å². The molecule has 0 saturated carbocycles. The number of aryl methyl sites for hydroxylation is 2. The van der Waals surface area contributed by atoms with Crippen molar-refractivity contribution in [3.05, 3.63) is 23.4 Å². The molecular formula is C11H15F3N2S. The van der Waals surface area contributed by atoms with Crippen LogP contribution in [0.1, 0.15) is 11.3 Å². The molecule has 0 aliphatic rings. The van der Waals surface area contributed by atoms with E-state index in [9.17, 15) is 13.2 Å². The first-order valence-electron chi connectivity index (χ1n) is 5.22. The van der Waals surface area contributed by atoms with Gasteiger partial charge in [0.1, 0.15) is 0 Å². The fraction of sp³-hybridized carbons (Fsp3) is 0.545. The van der Waals surface area contributed by atoms with Gasteiger partial charge in [-0.3, -0.25) is 0 Å². The standard InChI is InChI=1S/C11H15F3N2S/c1-8-5-9(2)16-10(6-8)17-4-3-15-7-11(12,13)14/h5-6,15H,3-4,7H2,1-2H3. The topological polar surface area (TPSA) is 24.9 Å². The van der Waals surface area contributed by atoms with Crippen molar-refractivity contribution in [3.8, 4) is 0 Å². The van der Waals surface area contributed by atoms with Crippen LogP contribution in [0.5, 0.6) is 0 Å². The largest absolute Gasteiger partial charge is 0.401 e. The molecule has 1 aromatic rings. The zero-order valence-electron chi connectivity index (χ0n) is 9.77. The highest BCUT2D eigenvalue weighted by molar-refractivity contribution is 7.99. The normalized spacial score (nSPS) is 11.8. The Morgan fingerprint density at radius 1 is 1.29 bits per heavy atom. The Bertz CT molecular complexity index is 346. The molecule has 0 aromatic carbocycles. The molecule has 2 nitrogen and oxygen atoms in total. The van der Waals surface area contributed by atoms with Crippen LogP contribution in [0, 0.1) is 13.8 Å². The van der Waals surface area contributed by atoms with Gasteiger partial charge in [0.15, 0.2) is 0 Å². The fourth-order valence-electron chi connectivity index (χ4n) is 1.34. The van der Waals surface area contributed by atoms with Crippen molar-refractivity contribution in [2.75, 3.05) is 18.8 Å². The number of alkyl halides is 3. The van der Waals surface area contributed by atoms with Gasteiger partial charge in [-0.15, -0.1) is 11.8 Å². The van der Waals surface area contributed by atoms with Crippen LogP contribution in [0.25, 0.3) is 0 Å². The molecule has 0 aliphatic carbocycles. The molecule has 0 radical (unpaired) electrons. The van der Waals surface area contributed by atoms with Gasteiger partial charge in [0.05, 0.1) is 11.6 Å². The third kappa shape index (κ3) is 6.53. The number of hydrogen-bond acceptors (Lipinski definition) is 3. The third-order valence-corrected chi connectivity index (χ3v) is 2.84. The summed E-state index contributed by atoms with van der Waals surface area (Å²) in [6, 6.07) is 3.90. The molecule has 96 valence electrons. The molecule has 1 rings (SSSR count). The zero-order chi connectivity index (χ0) is 12.9. The summed E-state index contributed by atoms with van der Waals surface area (Å²) in [4.78, 5) is 4.29. The molecule has 0 saturated heterocycles. The minimum absolute atomic E-state index is 0.318. The number of rotatable bonds is 5. The monoisotopic (exact) mass is 264 g/mol. The summed E-state index contributed by atoms with van der Waals surface area (Å²) in [5.74, 6) is 0.575. The van der Waals surface area contributed by atoms with Gasteiger partial charge in [-0.05, 0) is 31.5 Å². The predicted molar refractivity (Wildman–Crippen MR) is 63.4 cm³/mol. The average molecular weight is 264 g/mol. The Balaban J connectivity index is 2.27. The van der Waals surface area contributed by atoms with E-state index in [0.29, 0.717) is 12.3 Å². The lowest BCUT2D eigenvalue weighted by Crippen LogP contribution is -2.30. The van der Waals surface area contributed by atoms with Crippen molar-refractivity contribution in [1.82, 2.24) is 10.3 Å². The first kappa shape index (κ1) is 14.3. The SMILES string of the molecule is Cc1cc(C)nc(SCCNCC(F)(F)F)c1. The molecule has 1 N–H and O–H groups in total. The van der Waals surface area contributed by atoms with E-state index in [-0.39, 0.29) is 0 Å². The van der Waals surface area contributed by atoms with E-state index in [1.165, 1.54) is 11.8 Å². The highest BCUT2D eigenvalue weighted by Crippen LogP contribution is 2.17. The predicted octanol–water partition coefficient (Wildman–Crippen LogP) is 2.94. The van der Waals surface area contributed by atoms with Gasteiger partial charge in [0, 0.05) is 18.0 Å². The van der Waals surface area contributed by atoms with Crippen molar-refractivity contribution in [1.29, 1.82) is 0 Å². The van der Waals surface area contributed by atoms with Crippen LogP contribution in [-0.2, 0) is 0 Å². The summed E-state index contributed by atoms with van der Waals surface area (Å²) in [5, 5.41) is 3.21. The summed E-state index contributed by atoms with van der Waals surface area (Å²) in [5.41, 5.74) is 2.04. The lowest BCUT2D eigenvalue weighted by molar-refractivity contribution is -0.124. The summed E-state index contributed by atoms with van der Waals surface area (Å²) in [7, 11) is 0. The van der Waals surface area contributed by atoms with Gasteiger partial charge in [0.25, 0.3) is 0 Å². The van der Waals surface area contributed by atoms with Crippen molar-refractivity contribution < 1.29 is 13.2 Å². The quantitative estimate of drug-likeness (QED) is 0.654. The van der Waals surface area contributed by atoms with Crippen LogP contribution in [0.2, 0.25) is 0 Å². The van der Waals surface area contributed by atoms with Gasteiger partial charge < -0.3 is 5.32 Å². The van der Waals surface area contributed by atoms with Gasteiger partial charge in [-0.25, -0.2) is 4.98 Å². The van der Waals surface area contributed by atoms with Crippen LogP contribution < -0.4 is 5.32 Å². The average Bonchev–Trinajstić information content (AvgIpc) is 2.13. The Kier molecular flexibility index (Phi) is 5.27. The van der Waals surface area contributed by atoms with Gasteiger partial charge >= 0.3 is 6.18 Å². The molecule has 0 bridgehead atoms. The van der Waals surface area contributed by atoms with Crippen LogP contribution in [0.15, 0.2) is 17.2 Å². The van der Waals surface area contributed by atoms with Crippen molar-refractivity contribution in [3.63, 3.8) is 0 Å². The number of nitrogens with one attached hydrogen (secondary N) is 1. The second-order valence-electron chi connectivity index (χ2n) is 3.76. The Morgan fingerprint density at radius 3 is 2.59 bits per heavy atom. The maximum atomic E-state index is 11.8.